The molecule has 0 spiro atoms. The molecule has 0 unspecified atom stereocenters. The van der Waals surface area contributed by atoms with Crippen molar-refractivity contribution in [1.82, 2.24) is 4.90 Å². The van der Waals surface area contributed by atoms with E-state index >= 15 is 0 Å². The van der Waals surface area contributed by atoms with Gasteiger partial charge in [0.05, 0.1) is 0 Å². The molecular formula is C8H14N2O2. The number of carboxylic acid groups (broad SMARTS) is 1. The summed E-state index contributed by atoms with van der Waals surface area (Å²) in [6, 6.07) is 0.243. The Morgan fingerprint density at radius 2 is 2.08 bits per heavy atom. The number of carbonyl (C=O) groups is 1. The molecule has 2 saturated heterocycles. The van der Waals surface area contributed by atoms with Gasteiger partial charge in [0.15, 0.2) is 0 Å². The molecule has 12 heavy (non-hydrogen) atoms. The van der Waals surface area contributed by atoms with E-state index in [4.69, 9.17) is 10.8 Å². The first kappa shape index (κ1) is 7.86. The summed E-state index contributed by atoms with van der Waals surface area (Å²) < 4.78 is 0. The smallest absolute Gasteiger partial charge is 0.407 e. The Morgan fingerprint density at radius 3 is 2.42 bits per heavy atom. The average Bonchev–Trinajstić information content (AvgIpc) is 2.04. The van der Waals surface area contributed by atoms with Crippen molar-refractivity contribution in [3.05, 3.63) is 0 Å². The Hall–Kier alpha value is -0.770. The number of hydrogen-bond acceptors (Lipinski definition) is 2. The van der Waals surface area contributed by atoms with Crippen LogP contribution in [-0.2, 0) is 0 Å². The maximum absolute atomic E-state index is 10.8. The molecule has 3 aliphatic rings. The fourth-order valence-corrected chi connectivity index (χ4v) is 2.34. The summed E-state index contributed by atoms with van der Waals surface area (Å²) in [5, 5.41) is 8.85. The molecule has 2 heterocycles. The standard InChI is InChI=1S/C8H14N2O2/c9-8-3-1-6(2-4-8)10(5-8)7(11)12/h6H,1-5,9H2,(H,11,12). The molecule has 0 radical (unpaired) electrons. The lowest BCUT2D eigenvalue weighted by Crippen LogP contribution is -2.63. The van der Waals surface area contributed by atoms with E-state index in [1.807, 2.05) is 0 Å². The van der Waals surface area contributed by atoms with Crippen LogP contribution in [0.4, 0.5) is 4.79 Å². The monoisotopic (exact) mass is 170 g/mol. The maximum Gasteiger partial charge on any atom is 0.407 e. The van der Waals surface area contributed by atoms with Crippen molar-refractivity contribution in [3.63, 3.8) is 0 Å². The summed E-state index contributed by atoms with van der Waals surface area (Å²) in [6.45, 7) is 0.535. The lowest BCUT2D eigenvalue weighted by Gasteiger charge is -2.49. The SMILES string of the molecule is NC12CCC(CC1)N(C(=O)O)C2. The van der Waals surface area contributed by atoms with Gasteiger partial charge in [0.25, 0.3) is 0 Å². The predicted molar refractivity (Wildman–Crippen MR) is 43.9 cm³/mol. The van der Waals surface area contributed by atoms with E-state index in [1.54, 1.807) is 0 Å². The van der Waals surface area contributed by atoms with Gasteiger partial charge in [-0.3, -0.25) is 0 Å². The Morgan fingerprint density at radius 1 is 1.50 bits per heavy atom. The highest BCUT2D eigenvalue weighted by Crippen LogP contribution is 2.36. The number of nitrogens with zero attached hydrogens (tertiary/aromatic N) is 1. The molecule has 1 saturated carbocycles. The first-order valence-corrected chi connectivity index (χ1v) is 4.39. The highest BCUT2D eigenvalue weighted by molar-refractivity contribution is 5.66. The fourth-order valence-electron chi connectivity index (χ4n) is 2.34. The third-order valence-corrected chi connectivity index (χ3v) is 3.12. The van der Waals surface area contributed by atoms with Gasteiger partial charge in [-0.1, -0.05) is 0 Å². The minimum atomic E-state index is -0.811. The molecule has 1 aliphatic carbocycles. The van der Waals surface area contributed by atoms with E-state index < -0.39 is 6.09 Å². The van der Waals surface area contributed by atoms with Crippen LogP contribution < -0.4 is 5.73 Å². The largest absolute Gasteiger partial charge is 0.465 e. The summed E-state index contributed by atoms with van der Waals surface area (Å²) in [7, 11) is 0. The van der Waals surface area contributed by atoms with Crippen LogP contribution in [0.1, 0.15) is 25.7 Å². The van der Waals surface area contributed by atoms with Crippen molar-refractivity contribution in [2.24, 2.45) is 5.73 Å². The van der Waals surface area contributed by atoms with Crippen LogP contribution in [0.25, 0.3) is 0 Å². The van der Waals surface area contributed by atoms with E-state index in [9.17, 15) is 4.79 Å². The van der Waals surface area contributed by atoms with Crippen molar-refractivity contribution < 1.29 is 9.90 Å². The number of fused-ring (bicyclic) bond motifs is 3. The van der Waals surface area contributed by atoms with Crippen LogP contribution in [0, 0.1) is 0 Å². The van der Waals surface area contributed by atoms with Gasteiger partial charge < -0.3 is 15.7 Å². The van der Waals surface area contributed by atoms with E-state index in [2.05, 4.69) is 0 Å². The average molecular weight is 170 g/mol. The molecule has 0 aromatic rings. The number of piperidine rings is 2. The maximum atomic E-state index is 10.8. The Kier molecular flexibility index (Phi) is 1.54. The quantitative estimate of drug-likeness (QED) is 0.560. The first-order chi connectivity index (χ1) is 5.61. The van der Waals surface area contributed by atoms with Crippen molar-refractivity contribution in [2.75, 3.05) is 6.54 Å². The molecule has 68 valence electrons. The molecule has 3 rings (SSSR count). The normalized spacial score (nSPS) is 40.1. The number of rotatable bonds is 0. The highest BCUT2D eigenvalue weighted by atomic mass is 16.4. The van der Waals surface area contributed by atoms with Crippen LogP contribution in [0.5, 0.6) is 0 Å². The van der Waals surface area contributed by atoms with Crippen LogP contribution >= 0.6 is 0 Å². The second-order valence-corrected chi connectivity index (χ2v) is 4.00. The molecule has 1 amide bonds. The molecule has 0 aromatic heterocycles. The molecule has 0 aromatic carbocycles. The van der Waals surface area contributed by atoms with Crippen LogP contribution in [-0.4, -0.2) is 34.2 Å². The Bertz CT molecular complexity index is 209. The van der Waals surface area contributed by atoms with Gasteiger partial charge in [-0.25, -0.2) is 4.79 Å². The second kappa shape index (κ2) is 2.36. The highest BCUT2D eigenvalue weighted by Gasteiger charge is 2.43. The van der Waals surface area contributed by atoms with E-state index in [0.717, 1.165) is 25.7 Å². The summed E-state index contributed by atoms with van der Waals surface area (Å²) in [4.78, 5) is 12.3. The molecule has 0 atom stereocenters. The third kappa shape index (κ3) is 1.06. The minimum absolute atomic E-state index is 0.215. The fraction of sp³-hybridized carbons (Fsp3) is 0.875. The number of nitrogens with two attached hydrogens (primary N) is 1. The molecule has 2 aliphatic heterocycles. The lowest BCUT2D eigenvalue weighted by atomic mass is 9.75. The number of amides is 1. The van der Waals surface area contributed by atoms with Crippen molar-refractivity contribution in [3.8, 4) is 0 Å². The Labute approximate surface area is 71.3 Å². The minimum Gasteiger partial charge on any atom is -0.465 e. The molecule has 4 heteroatoms. The van der Waals surface area contributed by atoms with Crippen LogP contribution in [0.15, 0.2) is 0 Å². The van der Waals surface area contributed by atoms with Crippen LogP contribution in [0.2, 0.25) is 0 Å². The van der Waals surface area contributed by atoms with Crippen LogP contribution in [0.3, 0.4) is 0 Å². The van der Waals surface area contributed by atoms with E-state index in [-0.39, 0.29) is 11.6 Å². The summed E-state index contributed by atoms with van der Waals surface area (Å²) in [5.41, 5.74) is 5.80. The summed E-state index contributed by atoms with van der Waals surface area (Å²) in [5.74, 6) is 0. The lowest BCUT2D eigenvalue weighted by molar-refractivity contribution is 0.0339. The molecule has 3 N–H and O–H groups in total. The topological polar surface area (TPSA) is 66.6 Å². The first-order valence-electron chi connectivity index (χ1n) is 4.39. The van der Waals surface area contributed by atoms with E-state index in [0.29, 0.717) is 6.54 Å². The van der Waals surface area contributed by atoms with Crippen molar-refractivity contribution in [1.29, 1.82) is 0 Å². The van der Waals surface area contributed by atoms with Gasteiger partial charge in [0.2, 0.25) is 0 Å². The third-order valence-electron chi connectivity index (χ3n) is 3.12. The predicted octanol–water partition coefficient (Wildman–Crippen LogP) is 0.620. The Balaban J connectivity index is 2.16. The second-order valence-electron chi connectivity index (χ2n) is 4.00. The van der Waals surface area contributed by atoms with E-state index in [1.165, 1.54) is 4.90 Å². The van der Waals surface area contributed by atoms with Gasteiger partial charge in [-0.2, -0.15) is 0 Å². The zero-order valence-corrected chi connectivity index (χ0v) is 6.99. The van der Waals surface area contributed by atoms with Crippen molar-refractivity contribution in [2.45, 2.75) is 37.3 Å². The van der Waals surface area contributed by atoms with Gasteiger partial charge in [0, 0.05) is 18.1 Å². The zero-order chi connectivity index (χ0) is 8.77. The number of hydrogen-bond donors (Lipinski definition) is 2. The zero-order valence-electron chi connectivity index (χ0n) is 6.99. The van der Waals surface area contributed by atoms with Gasteiger partial charge in [-0.15, -0.1) is 0 Å². The van der Waals surface area contributed by atoms with Gasteiger partial charge in [0.1, 0.15) is 0 Å². The molecule has 2 bridgehead atoms. The van der Waals surface area contributed by atoms with Gasteiger partial charge >= 0.3 is 6.09 Å². The molecular weight excluding hydrogens is 156 g/mol. The summed E-state index contributed by atoms with van der Waals surface area (Å²) >= 11 is 0. The molecule has 4 nitrogen and oxygen atoms in total. The molecule has 3 fully saturated rings. The van der Waals surface area contributed by atoms with Crippen molar-refractivity contribution >= 4 is 6.09 Å². The van der Waals surface area contributed by atoms with Gasteiger partial charge in [-0.05, 0) is 25.7 Å². The summed E-state index contributed by atoms with van der Waals surface area (Å²) in [6.07, 6.45) is 3.06.